The minimum atomic E-state index is -0.896. The minimum Gasteiger partial charge on any atom is -0.465 e. The lowest BCUT2D eigenvalue weighted by Gasteiger charge is -2.31. The average molecular weight is 264 g/mol. The van der Waals surface area contributed by atoms with Crippen LogP contribution in [0.2, 0.25) is 0 Å². The Bertz CT molecular complexity index is 465. The van der Waals surface area contributed by atoms with Gasteiger partial charge in [-0.2, -0.15) is 0 Å². The molecule has 0 unspecified atom stereocenters. The maximum atomic E-state index is 11.6. The zero-order valence-corrected chi connectivity index (χ0v) is 11.1. The highest BCUT2D eigenvalue weighted by Crippen LogP contribution is 2.28. The SMILES string of the molecule is O=C(O)N(c1nnc2n1CCCC2)C1CCCCC1. The van der Waals surface area contributed by atoms with Crippen molar-refractivity contribution in [2.45, 2.75) is 64.0 Å². The number of aromatic nitrogens is 3. The molecule has 1 N–H and O–H groups in total. The molecule has 3 rings (SSSR count). The van der Waals surface area contributed by atoms with Gasteiger partial charge in [-0.05, 0) is 25.7 Å². The Morgan fingerprint density at radius 3 is 2.68 bits per heavy atom. The molecule has 0 aromatic carbocycles. The molecule has 1 amide bonds. The molecule has 0 atom stereocenters. The fourth-order valence-corrected chi connectivity index (χ4v) is 3.22. The van der Waals surface area contributed by atoms with Gasteiger partial charge in [0, 0.05) is 19.0 Å². The minimum absolute atomic E-state index is 0.0708. The van der Waals surface area contributed by atoms with Crippen molar-refractivity contribution in [2.24, 2.45) is 0 Å². The van der Waals surface area contributed by atoms with Crippen molar-refractivity contribution in [3.05, 3.63) is 5.82 Å². The van der Waals surface area contributed by atoms with E-state index in [0.29, 0.717) is 5.95 Å². The molecule has 1 aliphatic carbocycles. The van der Waals surface area contributed by atoms with Crippen molar-refractivity contribution >= 4 is 12.0 Å². The molecule has 6 nitrogen and oxygen atoms in total. The molecule has 6 heteroatoms. The van der Waals surface area contributed by atoms with Crippen LogP contribution in [0.15, 0.2) is 0 Å². The van der Waals surface area contributed by atoms with E-state index in [4.69, 9.17) is 0 Å². The number of aryl methyl sites for hydroxylation is 1. The van der Waals surface area contributed by atoms with Crippen LogP contribution >= 0.6 is 0 Å². The van der Waals surface area contributed by atoms with Gasteiger partial charge in [-0.1, -0.05) is 19.3 Å². The Morgan fingerprint density at radius 2 is 1.95 bits per heavy atom. The highest BCUT2D eigenvalue weighted by molar-refractivity contribution is 5.84. The molecule has 1 aliphatic heterocycles. The first-order valence-electron chi connectivity index (χ1n) is 7.21. The van der Waals surface area contributed by atoms with E-state index in [2.05, 4.69) is 10.2 Å². The van der Waals surface area contributed by atoms with Crippen molar-refractivity contribution < 1.29 is 9.90 Å². The summed E-state index contributed by atoms with van der Waals surface area (Å²) in [7, 11) is 0. The van der Waals surface area contributed by atoms with Gasteiger partial charge in [-0.15, -0.1) is 10.2 Å². The van der Waals surface area contributed by atoms with E-state index in [1.165, 1.54) is 11.3 Å². The summed E-state index contributed by atoms with van der Waals surface area (Å²) in [5, 5.41) is 17.9. The smallest absolute Gasteiger partial charge is 0.414 e. The summed E-state index contributed by atoms with van der Waals surface area (Å²) in [5.41, 5.74) is 0. The summed E-state index contributed by atoms with van der Waals surface area (Å²) in [6.07, 6.45) is 7.51. The Balaban J connectivity index is 1.91. The molecule has 1 aromatic rings. The first-order valence-corrected chi connectivity index (χ1v) is 7.21. The Hall–Kier alpha value is -1.59. The van der Waals surface area contributed by atoms with Crippen molar-refractivity contribution in [2.75, 3.05) is 4.90 Å². The van der Waals surface area contributed by atoms with Gasteiger partial charge in [0.15, 0.2) is 0 Å². The van der Waals surface area contributed by atoms with E-state index in [1.54, 1.807) is 0 Å². The number of anilines is 1. The quantitative estimate of drug-likeness (QED) is 0.890. The van der Waals surface area contributed by atoms with Gasteiger partial charge in [0.2, 0.25) is 5.95 Å². The highest BCUT2D eigenvalue weighted by atomic mass is 16.4. The first kappa shape index (κ1) is 12.4. The summed E-state index contributed by atoms with van der Waals surface area (Å²) in [5.74, 6) is 1.47. The van der Waals surface area contributed by atoms with Crippen molar-refractivity contribution in [1.82, 2.24) is 14.8 Å². The Morgan fingerprint density at radius 1 is 1.16 bits per heavy atom. The van der Waals surface area contributed by atoms with Crippen LogP contribution in [0, 0.1) is 0 Å². The number of amides is 1. The van der Waals surface area contributed by atoms with Crippen LogP contribution in [0.25, 0.3) is 0 Å². The molecule has 1 saturated carbocycles. The Kier molecular flexibility index (Phi) is 3.40. The van der Waals surface area contributed by atoms with Crippen LogP contribution in [-0.2, 0) is 13.0 Å². The van der Waals surface area contributed by atoms with Gasteiger partial charge < -0.3 is 5.11 Å². The second-order valence-electron chi connectivity index (χ2n) is 5.47. The van der Waals surface area contributed by atoms with Crippen LogP contribution in [0.1, 0.15) is 50.8 Å². The normalized spacial score (nSPS) is 20.0. The molecule has 0 bridgehead atoms. The predicted octanol–water partition coefficient (Wildman–Crippen LogP) is 2.43. The Labute approximate surface area is 112 Å². The molecule has 2 aliphatic rings. The van der Waals surface area contributed by atoms with Crippen LogP contribution in [0.3, 0.4) is 0 Å². The summed E-state index contributed by atoms with van der Waals surface area (Å²) >= 11 is 0. The largest absolute Gasteiger partial charge is 0.465 e. The topological polar surface area (TPSA) is 71.2 Å². The van der Waals surface area contributed by atoms with Gasteiger partial charge in [0.05, 0.1) is 0 Å². The lowest BCUT2D eigenvalue weighted by Crippen LogP contribution is -2.42. The number of carboxylic acid groups (broad SMARTS) is 1. The molecule has 0 spiro atoms. The van der Waals surface area contributed by atoms with Gasteiger partial charge in [-0.25, -0.2) is 9.69 Å². The maximum absolute atomic E-state index is 11.6. The van der Waals surface area contributed by atoms with Gasteiger partial charge in [-0.3, -0.25) is 4.57 Å². The van der Waals surface area contributed by atoms with E-state index >= 15 is 0 Å². The third-order valence-corrected chi connectivity index (χ3v) is 4.20. The van der Waals surface area contributed by atoms with Gasteiger partial charge >= 0.3 is 6.09 Å². The van der Waals surface area contributed by atoms with Crippen LogP contribution in [-0.4, -0.2) is 32.0 Å². The number of nitrogens with zero attached hydrogens (tertiary/aromatic N) is 4. The average Bonchev–Trinajstić information content (AvgIpc) is 2.84. The van der Waals surface area contributed by atoms with E-state index < -0.39 is 6.09 Å². The van der Waals surface area contributed by atoms with Crippen LogP contribution < -0.4 is 4.90 Å². The zero-order valence-electron chi connectivity index (χ0n) is 11.1. The maximum Gasteiger partial charge on any atom is 0.414 e. The van der Waals surface area contributed by atoms with Gasteiger partial charge in [0.1, 0.15) is 5.82 Å². The predicted molar refractivity (Wildman–Crippen MR) is 70.3 cm³/mol. The molecule has 1 fully saturated rings. The monoisotopic (exact) mass is 264 g/mol. The standard InChI is InChI=1S/C13H20N4O2/c18-13(19)17(10-6-2-1-3-7-10)12-15-14-11-8-4-5-9-16(11)12/h10H,1-9H2,(H,18,19). The third kappa shape index (κ3) is 2.31. The lowest BCUT2D eigenvalue weighted by atomic mass is 9.94. The summed E-state index contributed by atoms with van der Waals surface area (Å²) in [6, 6.07) is 0.0708. The fraction of sp³-hybridized carbons (Fsp3) is 0.769. The highest BCUT2D eigenvalue weighted by Gasteiger charge is 2.31. The summed E-state index contributed by atoms with van der Waals surface area (Å²) in [6.45, 7) is 0.841. The molecule has 2 heterocycles. The van der Waals surface area contributed by atoms with E-state index in [9.17, 15) is 9.90 Å². The molecule has 1 aromatic heterocycles. The van der Waals surface area contributed by atoms with Gasteiger partial charge in [0.25, 0.3) is 0 Å². The van der Waals surface area contributed by atoms with Crippen molar-refractivity contribution in [1.29, 1.82) is 0 Å². The van der Waals surface area contributed by atoms with E-state index in [-0.39, 0.29) is 6.04 Å². The number of hydrogen-bond donors (Lipinski definition) is 1. The lowest BCUT2D eigenvalue weighted by molar-refractivity contribution is 0.195. The number of hydrogen-bond acceptors (Lipinski definition) is 3. The second kappa shape index (κ2) is 5.19. The molecular weight excluding hydrogens is 244 g/mol. The number of carbonyl (C=O) groups is 1. The fourth-order valence-electron chi connectivity index (χ4n) is 3.22. The number of rotatable bonds is 2. The van der Waals surface area contributed by atoms with Crippen LogP contribution in [0.4, 0.5) is 10.7 Å². The van der Waals surface area contributed by atoms with Crippen molar-refractivity contribution in [3.63, 3.8) is 0 Å². The van der Waals surface area contributed by atoms with E-state index in [0.717, 1.165) is 57.3 Å². The first-order chi connectivity index (χ1) is 9.27. The van der Waals surface area contributed by atoms with Crippen molar-refractivity contribution in [3.8, 4) is 0 Å². The number of fused-ring (bicyclic) bond motifs is 1. The third-order valence-electron chi connectivity index (χ3n) is 4.20. The molecular formula is C13H20N4O2. The molecule has 0 saturated heterocycles. The molecule has 19 heavy (non-hydrogen) atoms. The van der Waals surface area contributed by atoms with Crippen LogP contribution in [0.5, 0.6) is 0 Å². The summed E-state index contributed by atoms with van der Waals surface area (Å²) < 4.78 is 1.99. The molecule has 104 valence electrons. The second-order valence-corrected chi connectivity index (χ2v) is 5.47. The molecule has 0 radical (unpaired) electrons. The zero-order chi connectivity index (χ0) is 13.2. The van der Waals surface area contributed by atoms with E-state index in [1.807, 2.05) is 4.57 Å². The summed E-state index contributed by atoms with van der Waals surface area (Å²) in [4.78, 5) is 13.1.